The van der Waals surface area contributed by atoms with Gasteiger partial charge >= 0.3 is 5.97 Å². The fourth-order valence-corrected chi connectivity index (χ4v) is 2.27. The topological polar surface area (TPSA) is 83.5 Å². The van der Waals surface area contributed by atoms with Crippen LogP contribution in [0, 0.1) is 0 Å². The molecule has 0 aromatic heterocycles. The predicted molar refractivity (Wildman–Crippen MR) is 63.6 cm³/mol. The van der Waals surface area contributed by atoms with Gasteiger partial charge in [-0.05, 0) is 18.2 Å². The predicted octanol–water partition coefficient (Wildman–Crippen LogP) is 1.42. The molecule has 0 saturated heterocycles. The number of rotatable bonds is 5. The van der Waals surface area contributed by atoms with Gasteiger partial charge < -0.3 is 5.11 Å². The van der Waals surface area contributed by atoms with Gasteiger partial charge in [-0.2, -0.15) is 0 Å². The molecule has 17 heavy (non-hydrogen) atoms. The highest BCUT2D eigenvalue weighted by Crippen LogP contribution is 2.11. The van der Waals surface area contributed by atoms with Crippen LogP contribution in [0.15, 0.2) is 40.8 Å². The Bertz CT molecular complexity index is 553. The summed E-state index contributed by atoms with van der Waals surface area (Å²) in [5.74, 6) is -1.19. The Hall–Kier alpha value is -1.37. The number of benzene rings is 1. The Morgan fingerprint density at radius 1 is 1.47 bits per heavy atom. The zero-order valence-corrected chi connectivity index (χ0v) is 10.3. The zero-order chi connectivity index (χ0) is 13.1. The first kappa shape index (κ1) is 13.7. The fourth-order valence-electron chi connectivity index (χ4n) is 1.05. The van der Waals surface area contributed by atoms with Crippen molar-refractivity contribution in [2.24, 2.45) is 0 Å². The van der Waals surface area contributed by atoms with Crippen molar-refractivity contribution in [1.82, 2.24) is 4.72 Å². The Kier molecular flexibility index (Phi) is 4.28. The maximum atomic E-state index is 11.7. The molecule has 5 nitrogen and oxygen atoms in total. The summed E-state index contributed by atoms with van der Waals surface area (Å²) in [6.07, 6.45) is 0. The third-order valence-electron chi connectivity index (χ3n) is 1.85. The van der Waals surface area contributed by atoms with Crippen molar-refractivity contribution in [1.29, 1.82) is 0 Å². The molecule has 1 aromatic rings. The van der Waals surface area contributed by atoms with Crippen LogP contribution in [0.4, 0.5) is 0 Å². The van der Waals surface area contributed by atoms with Crippen molar-refractivity contribution >= 4 is 27.6 Å². The maximum Gasteiger partial charge on any atom is 0.335 e. The van der Waals surface area contributed by atoms with Gasteiger partial charge in [-0.15, -0.1) is 0 Å². The summed E-state index contributed by atoms with van der Waals surface area (Å²) >= 11 is 5.44. The summed E-state index contributed by atoms with van der Waals surface area (Å²) in [6.45, 7) is 3.23. The van der Waals surface area contributed by atoms with E-state index in [2.05, 4.69) is 11.3 Å². The SMILES string of the molecule is C=C(Cl)CNS(=O)(=O)c1cccc(C(=O)O)c1. The van der Waals surface area contributed by atoms with Crippen LogP contribution in [0.1, 0.15) is 10.4 Å². The average molecular weight is 276 g/mol. The summed E-state index contributed by atoms with van der Waals surface area (Å²) in [4.78, 5) is 10.6. The molecular weight excluding hydrogens is 266 g/mol. The average Bonchev–Trinajstić information content (AvgIpc) is 2.27. The van der Waals surface area contributed by atoms with Crippen LogP contribution in [0.3, 0.4) is 0 Å². The van der Waals surface area contributed by atoms with Crippen molar-refractivity contribution in [3.8, 4) is 0 Å². The second-order valence-electron chi connectivity index (χ2n) is 3.17. The first-order chi connectivity index (χ1) is 7.83. The van der Waals surface area contributed by atoms with Crippen LogP contribution in [-0.4, -0.2) is 26.0 Å². The molecular formula is C10H10ClNO4S. The smallest absolute Gasteiger partial charge is 0.335 e. The van der Waals surface area contributed by atoms with E-state index in [0.29, 0.717) is 0 Å². The standard InChI is InChI=1S/C10H10ClNO4S/c1-7(11)6-12-17(15,16)9-4-2-3-8(5-9)10(13)14/h2-5,12H,1,6H2,(H,13,14). The van der Waals surface area contributed by atoms with Crippen LogP contribution in [-0.2, 0) is 10.0 Å². The number of carbonyl (C=O) groups is 1. The molecule has 0 aliphatic carbocycles. The van der Waals surface area contributed by atoms with Crippen molar-refractivity contribution in [3.05, 3.63) is 41.4 Å². The van der Waals surface area contributed by atoms with E-state index in [0.717, 1.165) is 6.07 Å². The molecule has 0 radical (unpaired) electrons. The number of sulfonamides is 1. The van der Waals surface area contributed by atoms with Crippen LogP contribution in [0.25, 0.3) is 0 Å². The lowest BCUT2D eigenvalue weighted by Gasteiger charge is -2.06. The number of hydrogen-bond donors (Lipinski definition) is 2. The summed E-state index contributed by atoms with van der Waals surface area (Å²) in [5, 5.41) is 8.88. The molecule has 92 valence electrons. The van der Waals surface area contributed by atoms with Crippen LogP contribution in [0.2, 0.25) is 0 Å². The molecule has 0 atom stereocenters. The largest absolute Gasteiger partial charge is 0.478 e. The lowest BCUT2D eigenvalue weighted by atomic mass is 10.2. The van der Waals surface area contributed by atoms with E-state index in [1.165, 1.54) is 18.2 Å². The van der Waals surface area contributed by atoms with Crippen LogP contribution in [0.5, 0.6) is 0 Å². The number of halogens is 1. The van der Waals surface area contributed by atoms with Crippen molar-refractivity contribution in [2.45, 2.75) is 4.90 Å². The van der Waals surface area contributed by atoms with Crippen molar-refractivity contribution < 1.29 is 18.3 Å². The lowest BCUT2D eigenvalue weighted by molar-refractivity contribution is 0.0696. The minimum Gasteiger partial charge on any atom is -0.478 e. The van der Waals surface area contributed by atoms with Gasteiger partial charge in [-0.25, -0.2) is 17.9 Å². The van der Waals surface area contributed by atoms with Gasteiger partial charge in [-0.3, -0.25) is 0 Å². The van der Waals surface area contributed by atoms with Gasteiger partial charge in [-0.1, -0.05) is 24.2 Å². The second kappa shape index (κ2) is 5.31. The molecule has 0 aliphatic rings. The molecule has 0 saturated carbocycles. The maximum absolute atomic E-state index is 11.7. The minimum absolute atomic E-state index is 0.0995. The summed E-state index contributed by atoms with van der Waals surface area (Å²) in [7, 11) is -3.77. The highest BCUT2D eigenvalue weighted by molar-refractivity contribution is 7.89. The van der Waals surface area contributed by atoms with Crippen LogP contribution >= 0.6 is 11.6 Å². The van der Waals surface area contributed by atoms with Gasteiger partial charge in [0, 0.05) is 11.6 Å². The van der Waals surface area contributed by atoms with E-state index in [-0.39, 0.29) is 22.0 Å². The third kappa shape index (κ3) is 3.85. The van der Waals surface area contributed by atoms with E-state index in [4.69, 9.17) is 16.7 Å². The minimum atomic E-state index is -3.77. The van der Waals surface area contributed by atoms with E-state index >= 15 is 0 Å². The lowest BCUT2D eigenvalue weighted by Crippen LogP contribution is -2.25. The Morgan fingerprint density at radius 2 is 2.12 bits per heavy atom. The summed E-state index contributed by atoms with van der Waals surface area (Å²) in [6, 6.07) is 5.03. The Balaban J connectivity index is 3.03. The number of carboxylic acid groups (broad SMARTS) is 1. The molecule has 0 spiro atoms. The molecule has 7 heteroatoms. The highest BCUT2D eigenvalue weighted by atomic mass is 35.5. The van der Waals surface area contributed by atoms with Gasteiger partial charge in [0.1, 0.15) is 0 Å². The monoisotopic (exact) mass is 275 g/mol. The van der Waals surface area contributed by atoms with E-state index < -0.39 is 16.0 Å². The van der Waals surface area contributed by atoms with Gasteiger partial charge in [0.05, 0.1) is 10.5 Å². The summed E-state index contributed by atoms with van der Waals surface area (Å²) in [5.41, 5.74) is -0.0995. The van der Waals surface area contributed by atoms with Gasteiger partial charge in [0.2, 0.25) is 10.0 Å². The molecule has 0 aliphatic heterocycles. The second-order valence-corrected chi connectivity index (χ2v) is 5.48. The quantitative estimate of drug-likeness (QED) is 0.851. The molecule has 0 unspecified atom stereocenters. The molecule has 0 fully saturated rings. The Labute approximate surface area is 104 Å². The van der Waals surface area contributed by atoms with Crippen LogP contribution < -0.4 is 4.72 Å². The van der Waals surface area contributed by atoms with Crippen molar-refractivity contribution in [3.63, 3.8) is 0 Å². The van der Waals surface area contributed by atoms with Gasteiger partial charge in [0.25, 0.3) is 0 Å². The Morgan fingerprint density at radius 3 is 2.65 bits per heavy atom. The number of nitrogens with one attached hydrogen (secondary N) is 1. The molecule has 0 amide bonds. The third-order valence-corrected chi connectivity index (χ3v) is 3.38. The fraction of sp³-hybridized carbons (Fsp3) is 0.100. The van der Waals surface area contributed by atoms with E-state index in [1.807, 2.05) is 0 Å². The normalized spacial score (nSPS) is 11.1. The molecule has 2 N–H and O–H groups in total. The number of carboxylic acids is 1. The first-order valence-electron chi connectivity index (χ1n) is 4.49. The molecule has 0 heterocycles. The number of hydrogen-bond acceptors (Lipinski definition) is 3. The highest BCUT2D eigenvalue weighted by Gasteiger charge is 2.15. The van der Waals surface area contributed by atoms with Crippen molar-refractivity contribution in [2.75, 3.05) is 6.54 Å². The molecule has 1 rings (SSSR count). The van der Waals surface area contributed by atoms with Gasteiger partial charge in [0.15, 0.2) is 0 Å². The molecule has 0 bridgehead atoms. The first-order valence-corrected chi connectivity index (χ1v) is 6.35. The molecule has 1 aromatic carbocycles. The summed E-state index contributed by atoms with van der Waals surface area (Å²) < 4.78 is 25.6. The number of aromatic carboxylic acids is 1. The zero-order valence-electron chi connectivity index (χ0n) is 8.68. The van der Waals surface area contributed by atoms with E-state index in [9.17, 15) is 13.2 Å². The van der Waals surface area contributed by atoms with E-state index in [1.54, 1.807) is 0 Å².